The van der Waals surface area contributed by atoms with Gasteiger partial charge in [-0.25, -0.2) is 5.01 Å². The number of hydrazone groups is 1. The Kier molecular flexibility index (Phi) is 4.41. The molecule has 0 aromatic heterocycles. The van der Waals surface area contributed by atoms with Crippen molar-refractivity contribution in [2.24, 2.45) is 11.0 Å². The zero-order valence-corrected chi connectivity index (χ0v) is 17.5. The van der Waals surface area contributed by atoms with Gasteiger partial charge in [0.2, 0.25) is 11.6 Å². The summed E-state index contributed by atoms with van der Waals surface area (Å²) in [6.45, 7) is 0. The molecule has 0 N–H and O–H groups in total. The summed E-state index contributed by atoms with van der Waals surface area (Å²) < 4.78 is 6.88. The van der Waals surface area contributed by atoms with Crippen LogP contribution in [0.1, 0.15) is 48.3 Å². The lowest BCUT2D eigenvalue weighted by Gasteiger charge is -2.51. The van der Waals surface area contributed by atoms with Crippen molar-refractivity contribution in [1.82, 2.24) is 5.01 Å². The Hall–Kier alpha value is -3.33. The van der Waals surface area contributed by atoms with Gasteiger partial charge in [-0.1, -0.05) is 91.4 Å². The van der Waals surface area contributed by atoms with Crippen LogP contribution in [0, 0.1) is 5.92 Å². The van der Waals surface area contributed by atoms with Crippen molar-refractivity contribution < 1.29 is 4.74 Å². The molecule has 3 aromatic carbocycles. The number of benzene rings is 3. The Morgan fingerprint density at radius 2 is 1.42 bits per heavy atom. The molecule has 1 aliphatic carbocycles. The summed E-state index contributed by atoms with van der Waals surface area (Å²) in [5, 5.41) is 7.32. The smallest absolute Gasteiger partial charge is 0.240 e. The van der Waals surface area contributed by atoms with Crippen LogP contribution in [0.2, 0.25) is 0 Å². The highest BCUT2D eigenvalue weighted by Gasteiger charge is 2.58. The molecule has 31 heavy (non-hydrogen) atoms. The van der Waals surface area contributed by atoms with Crippen LogP contribution >= 0.6 is 0 Å². The molecule has 2 heterocycles. The van der Waals surface area contributed by atoms with Crippen molar-refractivity contribution in [2.75, 3.05) is 0 Å². The molecule has 3 heteroatoms. The number of nitrogens with zero attached hydrogens (tertiary/aromatic N) is 2. The summed E-state index contributed by atoms with van der Waals surface area (Å²) in [4.78, 5) is 0. The minimum Gasteiger partial charge on any atom is -0.447 e. The van der Waals surface area contributed by atoms with E-state index in [0.29, 0.717) is 11.8 Å². The summed E-state index contributed by atoms with van der Waals surface area (Å²) >= 11 is 0. The molecule has 0 radical (unpaired) electrons. The second-order valence-corrected chi connectivity index (χ2v) is 8.74. The maximum absolute atomic E-state index is 6.88. The van der Waals surface area contributed by atoms with Gasteiger partial charge < -0.3 is 4.74 Å². The SMILES string of the molecule is C1=C(c2ccccc2)N2N=C(c3ccccc3)O[C@]23CCCC[C@H]3[C@H]1c1ccccc1. The molecule has 0 saturated heterocycles. The number of hydrogen-bond donors (Lipinski definition) is 0. The summed E-state index contributed by atoms with van der Waals surface area (Å²) in [6.07, 6.45) is 6.97. The Bertz CT molecular complexity index is 1120. The minimum absolute atomic E-state index is 0.304. The molecule has 1 fully saturated rings. The third-order valence-electron chi connectivity index (χ3n) is 6.98. The Balaban J connectivity index is 1.53. The van der Waals surface area contributed by atoms with Crippen molar-refractivity contribution in [3.8, 4) is 0 Å². The van der Waals surface area contributed by atoms with Crippen LogP contribution in [0.4, 0.5) is 0 Å². The fourth-order valence-corrected chi connectivity index (χ4v) is 5.55. The van der Waals surface area contributed by atoms with E-state index in [9.17, 15) is 0 Å². The predicted octanol–water partition coefficient (Wildman–Crippen LogP) is 6.41. The molecule has 0 amide bonds. The van der Waals surface area contributed by atoms with Crippen LogP contribution in [0.25, 0.3) is 5.70 Å². The van der Waals surface area contributed by atoms with Gasteiger partial charge in [-0.3, -0.25) is 0 Å². The van der Waals surface area contributed by atoms with Crippen LogP contribution in [-0.4, -0.2) is 16.6 Å². The maximum atomic E-state index is 6.88. The Morgan fingerprint density at radius 1 is 0.774 bits per heavy atom. The normalized spacial score (nSPS) is 26.9. The van der Waals surface area contributed by atoms with E-state index in [4.69, 9.17) is 9.84 Å². The number of allylic oxidation sites excluding steroid dienone is 1. The first-order valence-electron chi connectivity index (χ1n) is 11.3. The predicted molar refractivity (Wildman–Crippen MR) is 124 cm³/mol. The van der Waals surface area contributed by atoms with Gasteiger partial charge in [-0.2, -0.15) is 0 Å². The van der Waals surface area contributed by atoms with Gasteiger partial charge in [0, 0.05) is 23.8 Å². The highest BCUT2D eigenvalue weighted by molar-refractivity contribution is 5.96. The van der Waals surface area contributed by atoms with Gasteiger partial charge in [0.05, 0.1) is 5.70 Å². The zero-order valence-electron chi connectivity index (χ0n) is 17.5. The van der Waals surface area contributed by atoms with E-state index in [0.717, 1.165) is 36.4 Å². The van der Waals surface area contributed by atoms with Crippen molar-refractivity contribution in [3.05, 3.63) is 114 Å². The monoisotopic (exact) mass is 406 g/mol. The molecular weight excluding hydrogens is 380 g/mol. The first-order valence-corrected chi connectivity index (χ1v) is 11.3. The van der Waals surface area contributed by atoms with Gasteiger partial charge in [0.15, 0.2) is 0 Å². The van der Waals surface area contributed by atoms with Gasteiger partial charge >= 0.3 is 0 Å². The van der Waals surface area contributed by atoms with E-state index in [2.05, 4.69) is 96.0 Å². The Morgan fingerprint density at radius 3 is 2.13 bits per heavy atom. The van der Waals surface area contributed by atoms with Crippen molar-refractivity contribution >= 4 is 11.6 Å². The second-order valence-electron chi connectivity index (χ2n) is 8.74. The molecule has 0 unspecified atom stereocenters. The molecular formula is C28H26N2O. The summed E-state index contributed by atoms with van der Waals surface area (Å²) in [6, 6.07) is 31.9. The highest BCUT2D eigenvalue weighted by Crippen LogP contribution is 2.55. The third kappa shape index (κ3) is 2.99. The maximum Gasteiger partial charge on any atom is 0.240 e. The molecule has 3 nitrogen and oxygen atoms in total. The lowest BCUT2D eigenvalue weighted by Crippen LogP contribution is -2.55. The molecule has 3 aliphatic rings. The molecule has 1 saturated carbocycles. The van der Waals surface area contributed by atoms with Crippen LogP contribution in [-0.2, 0) is 4.74 Å². The summed E-state index contributed by atoms with van der Waals surface area (Å²) in [5.74, 6) is 1.40. The molecule has 1 spiro atoms. The molecule has 3 atom stereocenters. The van der Waals surface area contributed by atoms with Gasteiger partial charge in [0.25, 0.3) is 0 Å². The number of ether oxygens (including phenoxy) is 1. The van der Waals surface area contributed by atoms with E-state index in [-0.39, 0.29) is 0 Å². The van der Waals surface area contributed by atoms with E-state index in [1.54, 1.807) is 0 Å². The largest absolute Gasteiger partial charge is 0.447 e. The number of rotatable bonds is 3. The first kappa shape index (κ1) is 18.4. The topological polar surface area (TPSA) is 24.8 Å². The lowest BCUT2D eigenvalue weighted by atomic mass is 9.68. The Labute approximate surface area is 183 Å². The van der Waals surface area contributed by atoms with E-state index < -0.39 is 5.72 Å². The zero-order chi connectivity index (χ0) is 20.7. The number of hydrogen-bond acceptors (Lipinski definition) is 3. The first-order chi connectivity index (χ1) is 15.4. The van der Waals surface area contributed by atoms with Crippen LogP contribution in [0.15, 0.2) is 102 Å². The van der Waals surface area contributed by atoms with Gasteiger partial charge in [-0.05, 0) is 36.1 Å². The second kappa shape index (κ2) is 7.42. The fourth-order valence-electron chi connectivity index (χ4n) is 5.55. The van der Waals surface area contributed by atoms with E-state index in [1.807, 2.05) is 6.07 Å². The van der Waals surface area contributed by atoms with E-state index >= 15 is 0 Å². The summed E-state index contributed by atoms with van der Waals surface area (Å²) in [7, 11) is 0. The average Bonchev–Trinajstić information content (AvgIpc) is 3.24. The van der Waals surface area contributed by atoms with Crippen molar-refractivity contribution in [3.63, 3.8) is 0 Å². The molecule has 2 aliphatic heterocycles. The van der Waals surface area contributed by atoms with Gasteiger partial charge in [0.1, 0.15) is 0 Å². The van der Waals surface area contributed by atoms with Crippen LogP contribution < -0.4 is 0 Å². The highest BCUT2D eigenvalue weighted by atomic mass is 16.6. The van der Waals surface area contributed by atoms with E-state index in [1.165, 1.54) is 17.5 Å². The average molecular weight is 407 g/mol. The fraction of sp³-hybridized carbons (Fsp3) is 0.250. The van der Waals surface area contributed by atoms with Gasteiger partial charge in [-0.15, -0.1) is 5.10 Å². The quantitative estimate of drug-likeness (QED) is 0.502. The molecule has 0 bridgehead atoms. The third-order valence-corrected chi connectivity index (χ3v) is 6.98. The minimum atomic E-state index is -0.427. The van der Waals surface area contributed by atoms with Crippen molar-refractivity contribution in [1.29, 1.82) is 0 Å². The van der Waals surface area contributed by atoms with Crippen LogP contribution in [0.5, 0.6) is 0 Å². The molecule has 154 valence electrons. The molecule has 6 rings (SSSR count). The van der Waals surface area contributed by atoms with Crippen LogP contribution in [0.3, 0.4) is 0 Å². The van der Waals surface area contributed by atoms with Crippen molar-refractivity contribution in [2.45, 2.75) is 37.3 Å². The summed E-state index contributed by atoms with van der Waals surface area (Å²) in [5.41, 5.74) is 4.31. The standard InChI is InChI=1S/C28H26N2O/c1-4-12-21(13-5-1)24-20-26(22-14-6-2-7-15-22)30-28(19-11-10-18-25(24)28)31-27(29-30)23-16-8-3-9-17-23/h1-9,12-17,20,24-25H,10-11,18-19H2/t24-,25+,28+/m1/s1. The lowest BCUT2D eigenvalue weighted by molar-refractivity contribution is -0.116. The molecule has 3 aromatic rings.